The van der Waals surface area contributed by atoms with E-state index in [0.29, 0.717) is 23.5 Å². The second-order valence-electron chi connectivity index (χ2n) is 12.2. The molecule has 4 aliphatic carbocycles. The first-order valence-corrected chi connectivity index (χ1v) is 12.6. The van der Waals surface area contributed by atoms with Gasteiger partial charge in [0.05, 0.1) is 12.0 Å². The molecule has 1 N–H and O–H groups in total. The van der Waals surface area contributed by atoms with Crippen molar-refractivity contribution in [3.63, 3.8) is 0 Å². The van der Waals surface area contributed by atoms with Crippen LogP contribution in [0.2, 0.25) is 0 Å². The number of aliphatic hydroxyl groups is 1. The zero-order valence-electron chi connectivity index (χ0n) is 21.4. The summed E-state index contributed by atoms with van der Waals surface area (Å²) in [5.41, 5.74) is -1.17. The zero-order chi connectivity index (χ0) is 25.0. The van der Waals surface area contributed by atoms with Gasteiger partial charge in [0.25, 0.3) is 0 Å². The van der Waals surface area contributed by atoms with E-state index in [1.807, 2.05) is 39.8 Å². The lowest BCUT2D eigenvalue weighted by atomic mass is 9.59. The predicted molar refractivity (Wildman–Crippen MR) is 126 cm³/mol. The van der Waals surface area contributed by atoms with E-state index < -0.39 is 35.0 Å². The summed E-state index contributed by atoms with van der Waals surface area (Å²) in [6.07, 6.45) is 3.33. The van der Waals surface area contributed by atoms with Gasteiger partial charge in [0.2, 0.25) is 0 Å². The highest BCUT2D eigenvalue weighted by Crippen LogP contribution is 2.72. The molecule has 186 valence electrons. The number of fused-ring (bicyclic) bond motifs is 5. The van der Waals surface area contributed by atoms with Crippen LogP contribution in [0.3, 0.4) is 0 Å². The molecule has 0 radical (unpaired) electrons. The second kappa shape index (κ2) is 7.14. The lowest BCUT2D eigenvalue weighted by molar-refractivity contribution is -0.303. The van der Waals surface area contributed by atoms with Gasteiger partial charge in [0.1, 0.15) is 6.10 Å². The van der Waals surface area contributed by atoms with E-state index in [1.165, 1.54) is 0 Å². The summed E-state index contributed by atoms with van der Waals surface area (Å²) >= 11 is 0. The SMILES string of the molecule is C=C(CC)C(=O)O[C@H]1C(C)=C[C@]23C(=O)[C@@H](C=C4COC(C)(C)O[C@H]4[C@]12O)[C@H]1[C@@H](C[C@H]3C)C1(C)C. The molecule has 1 heterocycles. The molecule has 34 heavy (non-hydrogen) atoms. The number of ether oxygens (including phenoxy) is 3. The summed E-state index contributed by atoms with van der Waals surface area (Å²) in [6.45, 7) is 17.9. The third-order valence-corrected chi connectivity index (χ3v) is 9.61. The fraction of sp³-hybridized carbons (Fsp3) is 0.714. The van der Waals surface area contributed by atoms with Crippen molar-refractivity contribution < 1.29 is 28.9 Å². The van der Waals surface area contributed by atoms with Crippen LogP contribution in [0.5, 0.6) is 0 Å². The standard InChI is InChI=1S/C28H38O6/c1-9-14(2)24(30)33-22-15(3)12-27-16(4)10-19-20(25(19,5)6)18(21(27)29)11-17-13-32-26(7,8)34-23(17)28(22,27)31/h11-12,16,18-20,22-23,31H,2,9-10,13H2,1,3-8H3/t16-,18+,19-,20+,22+,23-,27+,28-/m1/s1. The van der Waals surface area contributed by atoms with E-state index in [2.05, 4.69) is 27.4 Å². The molecule has 0 aromatic rings. The molecule has 6 heteroatoms. The van der Waals surface area contributed by atoms with Crippen molar-refractivity contribution in [3.05, 3.63) is 35.5 Å². The van der Waals surface area contributed by atoms with Gasteiger partial charge in [0, 0.05) is 11.5 Å². The number of allylic oxidation sites excluding steroid dienone is 1. The number of hydrogen-bond acceptors (Lipinski definition) is 6. The van der Waals surface area contributed by atoms with Crippen molar-refractivity contribution in [3.8, 4) is 0 Å². The fourth-order valence-electron chi connectivity index (χ4n) is 7.63. The highest BCUT2D eigenvalue weighted by molar-refractivity contribution is 5.96. The third-order valence-electron chi connectivity index (χ3n) is 9.61. The van der Waals surface area contributed by atoms with Crippen molar-refractivity contribution in [2.75, 3.05) is 6.61 Å². The molecule has 1 saturated heterocycles. The predicted octanol–water partition coefficient (Wildman–Crippen LogP) is 4.13. The van der Waals surface area contributed by atoms with Gasteiger partial charge in [-0.05, 0) is 67.9 Å². The largest absolute Gasteiger partial charge is 0.451 e. The maximum absolute atomic E-state index is 14.6. The number of Topliss-reactive ketones (excluding diaryl/α,β-unsaturated/α-hetero) is 1. The smallest absolute Gasteiger partial charge is 0.334 e. The van der Waals surface area contributed by atoms with Crippen LogP contribution in [0.25, 0.3) is 0 Å². The summed E-state index contributed by atoms with van der Waals surface area (Å²) in [7, 11) is 0. The second-order valence-corrected chi connectivity index (χ2v) is 12.2. The molecule has 0 unspecified atom stereocenters. The lowest BCUT2D eigenvalue weighted by Crippen LogP contribution is -2.68. The molecule has 5 rings (SSSR count). The van der Waals surface area contributed by atoms with Gasteiger partial charge in [0.15, 0.2) is 23.3 Å². The first kappa shape index (κ1) is 24.0. The van der Waals surface area contributed by atoms with Crippen LogP contribution in [0, 0.1) is 34.5 Å². The number of esters is 1. The van der Waals surface area contributed by atoms with Crippen LogP contribution < -0.4 is 0 Å². The molecule has 0 aromatic heterocycles. The zero-order valence-corrected chi connectivity index (χ0v) is 21.4. The van der Waals surface area contributed by atoms with Crippen molar-refractivity contribution >= 4 is 11.8 Å². The quantitative estimate of drug-likeness (QED) is 0.379. The van der Waals surface area contributed by atoms with Crippen LogP contribution in [0.1, 0.15) is 61.3 Å². The molecule has 1 spiro atoms. The monoisotopic (exact) mass is 470 g/mol. The summed E-state index contributed by atoms with van der Waals surface area (Å²) in [4.78, 5) is 27.4. The minimum absolute atomic E-state index is 0.0103. The Morgan fingerprint density at radius 2 is 1.97 bits per heavy atom. The van der Waals surface area contributed by atoms with Gasteiger partial charge < -0.3 is 19.3 Å². The fourth-order valence-corrected chi connectivity index (χ4v) is 7.63. The van der Waals surface area contributed by atoms with Crippen molar-refractivity contribution in [1.29, 1.82) is 0 Å². The first-order chi connectivity index (χ1) is 15.7. The van der Waals surface area contributed by atoms with Crippen LogP contribution in [-0.2, 0) is 23.8 Å². The van der Waals surface area contributed by atoms with Crippen LogP contribution in [0.4, 0.5) is 0 Å². The summed E-state index contributed by atoms with van der Waals surface area (Å²) < 4.78 is 18.4. The first-order valence-electron chi connectivity index (χ1n) is 12.6. The normalized spacial score (nSPS) is 45.5. The van der Waals surface area contributed by atoms with Gasteiger partial charge in [-0.3, -0.25) is 4.79 Å². The van der Waals surface area contributed by atoms with E-state index in [-0.39, 0.29) is 35.6 Å². The average Bonchev–Trinajstić information content (AvgIpc) is 3.25. The number of carbonyl (C=O) groups excluding carboxylic acids is 2. The molecular formula is C28H38O6. The topological polar surface area (TPSA) is 82.1 Å². The Kier molecular flexibility index (Phi) is 5.03. The molecule has 1 aliphatic heterocycles. The number of hydrogen-bond donors (Lipinski definition) is 1. The van der Waals surface area contributed by atoms with Crippen molar-refractivity contribution in [1.82, 2.24) is 0 Å². The van der Waals surface area contributed by atoms with Crippen molar-refractivity contribution in [2.24, 2.45) is 34.5 Å². The third kappa shape index (κ3) is 2.85. The summed E-state index contributed by atoms with van der Waals surface area (Å²) in [5, 5.41) is 12.8. The van der Waals surface area contributed by atoms with Crippen LogP contribution >= 0.6 is 0 Å². The van der Waals surface area contributed by atoms with Gasteiger partial charge in [-0.25, -0.2) is 4.79 Å². The Labute approximate surface area is 202 Å². The van der Waals surface area contributed by atoms with E-state index in [1.54, 1.807) is 0 Å². The van der Waals surface area contributed by atoms with E-state index in [9.17, 15) is 14.7 Å². The number of ketones is 1. The molecule has 3 fully saturated rings. The Morgan fingerprint density at radius 3 is 2.62 bits per heavy atom. The number of rotatable bonds is 3. The molecule has 2 saturated carbocycles. The molecule has 0 amide bonds. The highest BCUT2D eigenvalue weighted by atomic mass is 16.7. The average molecular weight is 471 g/mol. The van der Waals surface area contributed by atoms with Crippen LogP contribution in [-0.4, -0.2) is 47.1 Å². The summed E-state index contributed by atoms with van der Waals surface area (Å²) in [6, 6.07) is 0. The highest BCUT2D eigenvalue weighted by Gasteiger charge is 2.77. The molecule has 5 aliphatic rings. The number of carbonyl (C=O) groups is 2. The van der Waals surface area contributed by atoms with Crippen LogP contribution in [0.15, 0.2) is 35.5 Å². The Balaban J connectivity index is 1.72. The molecule has 6 nitrogen and oxygen atoms in total. The minimum atomic E-state index is -1.78. The Bertz CT molecular complexity index is 1030. The maximum atomic E-state index is 14.6. The lowest BCUT2D eigenvalue weighted by Gasteiger charge is -2.52. The van der Waals surface area contributed by atoms with E-state index in [0.717, 1.165) is 12.0 Å². The summed E-state index contributed by atoms with van der Waals surface area (Å²) in [5.74, 6) is -1.39. The minimum Gasteiger partial charge on any atom is -0.451 e. The molecular weight excluding hydrogens is 432 g/mol. The Hall–Kier alpha value is -1.76. The molecule has 8 atom stereocenters. The van der Waals surface area contributed by atoms with Crippen molar-refractivity contribution in [2.45, 2.75) is 84.9 Å². The Morgan fingerprint density at radius 1 is 1.29 bits per heavy atom. The maximum Gasteiger partial charge on any atom is 0.334 e. The van der Waals surface area contributed by atoms with E-state index in [4.69, 9.17) is 14.2 Å². The van der Waals surface area contributed by atoms with Gasteiger partial charge in [-0.1, -0.05) is 46.4 Å². The van der Waals surface area contributed by atoms with Gasteiger partial charge >= 0.3 is 5.97 Å². The molecule has 2 bridgehead atoms. The van der Waals surface area contributed by atoms with Gasteiger partial charge in [-0.15, -0.1) is 0 Å². The molecule has 0 aromatic carbocycles. The van der Waals surface area contributed by atoms with Gasteiger partial charge in [-0.2, -0.15) is 0 Å². The van der Waals surface area contributed by atoms with E-state index >= 15 is 0 Å².